The van der Waals surface area contributed by atoms with Crippen LogP contribution in [0.1, 0.15) is 17.0 Å². The average molecular weight is 312 g/mol. The number of rotatable bonds is 5. The number of hydrogen-bond acceptors (Lipinski definition) is 3. The second-order valence-corrected chi connectivity index (χ2v) is 4.78. The summed E-state index contributed by atoms with van der Waals surface area (Å²) in [6.45, 7) is -0.412. The van der Waals surface area contributed by atoms with Gasteiger partial charge in [0.05, 0.1) is 18.8 Å². The van der Waals surface area contributed by atoms with Gasteiger partial charge in [0, 0.05) is 5.92 Å². The number of phenols is 1. The zero-order chi connectivity index (χ0) is 16.2. The Balaban J connectivity index is 2.14. The van der Waals surface area contributed by atoms with Crippen LogP contribution in [0.2, 0.25) is 0 Å². The van der Waals surface area contributed by atoms with E-state index in [4.69, 9.17) is 4.74 Å². The molecule has 0 amide bonds. The largest absolute Gasteiger partial charge is 0.504 e. The third-order valence-corrected chi connectivity index (χ3v) is 3.21. The number of aromatic hydroxyl groups is 1. The minimum absolute atomic E-state index is 0.0462. The molecule has 2 N–H and O–H groups in total. The Bertz CT molecular complexity index is 626. The smallest absolute Gasteiger partial charge is 0.416 e. The number of para-hydroxylation sites is 2. The van der Waals surface area contributed by atoms with Gasteiger partial charge < -0.3 is 14.9 Å². The van der Waals surface area contributed by atoms with Crippen LogP contribution in [0.3, 0.4) is 0 Å². The van der Waals surface area contributed by atoms with Crippen molar-refractivity contribution in [2.45, 2.75) is 12.1 Å². The van der Waals surface area contributed by atoms with Crippen molar-refractivity contribution < 1.29 is 28.1 Å². The van der Waals surface area contributed by atoms with Crippen LogP contribution < -0.4 is 4.74 Å². The molecule has 118 valence electrons. The maximum Gasteiger partial charge on any atom is 0.416 e. The number of aliphatic hydroxyl groups is 1. The molecule has 0 aliphatic rings. The van der Waals surface area contributed by atoms with Crippen molar-refractivity contribution in [1.82, 2.24) is 0 Å². The summed E-state index contributed by atoms with van der Waals surface area (Å²) in [5.41, 5.74) is -0.446. The lowest BCUT2D eigenvalue weighted by molar-refractivity contribution is -0.137. The quantitative estimate of drug-likeness (QED) is 0.887. The number of aliphatic hydroxyl groups excluding tert-OH is 1. The number of benzene rings is 2. The highest BCUT2D eigenvalue weighted by atomic mass is 19.4. The summed E-state index contributed by atoms with van der Waals surface area (Å²) in [5.74, 6) is -0.474. The van der Waals surface area contributed by atoms with E-state index in [1.165, 1.54) is 24.3 Å². The van der Waals surface area contributed by atoms with Gasteiger partial charge in [0.2, 0.25) is 0 Å². The molecule has 2 rings (SSSR count). The Labute approximate surface area is 125 Å². The lowest BCUT2D eigenvalue weighted by Crippen LogP contribution is -2.15. The van der Waals surface area contributed by atoms with Crippen LogP contribution >= 0.6 is 0 Å². The van der Waals surface area contributed by atoms with E-state index in [2.05, 4.69) is 0 Å². The van der Waals surface area contributed by atoms with Gasteiger partial charge in [-0.25, -0.2) is 0 Å². The molecule has 0 fully saturated rings. The fourth-order valence-corrected chi connectivity index (χ4v) is 1.99. The van der Waals surface area contributed by atoms with Crippen LogP contribution in [0.4, 0.5) is 13.2 Å². The predicted molar refractivity (Wildman–Crippen MR) is 74.9 cm³/mol. The number of hydrogen-bond donors (Lipinski definition) is 2. The van der Waals surface area contributed by atoms with Crippen molar-refractivity contribution in [3.8, 4) is 11.5 Å². The van der Waals surface area contributed by atoms with Gasteiger partial charge in [-0.3, -0.25) is 0 Å². The normalized spacial score (nSPS) is 12.9. The predicted octanol–water partition coefficient (Wildman–Crippen LogP) is 3.57. The second-order valence-electron chi connectivity index (χ2n) is 4.78. The summed E-state index contributed by atoms with van der Waals surface area (Å²) in [4.78, 5) is 0. The van der Waals surface area contributed by atoms with Gasteiger partial charge in [-0.15, -0.1) is 0 Å². The fourth-order valence-electron chi connectivity index (χ4n) is 1.99. The zero-order valence-corrected chi connectivity index (χ0v) is 11.5. The van der Waals surface area contributed by atoms with Crippen LogP contribution in [0.25, 0.3) is 0 Å². The zero-order valence-electron chi connectivity index (χ0n) is 11.5. The topological polar surface area (TPSA) is 49.7 Å². The molecule has 1 atom stereocenters. The molecule has 0 heterocycles. The van der Waals surface area contributed by atoms with Gasteiger partial charge in [0.1, 0.15) is 0 Å². The van der Waals surface area contributed by atoms with Crippen molar-refractivity contribution in [2.75, 3.05) is 13.2 Å². The Morgan fingerprint density at radius 2 is 1.77 bits per heavy atom. The third kappa shape index (κ3) is 3.92. The van der Waals surface area contributed by atoms with E-state index in [9.17, 15) is 23.4 Å². The number of ether oxygens (including phenoxy) is 1. The van der Waals surface area contributed by atoms with E-state index in [0.717, 1.165) is 12.1 Å². The maximum absolute atomic E-state index is 12.7. The minimum Gasteiger partial charge on any atom is -0.504 e. The fraction of sp³-hybridized carbons (Fsp3) is 0.250. The summed E-state index contributed by atoms with van der Waals surface area (Å²) >= 11 is 0. The first-order valence-corrected chi connectivity index (χ1v) is 6.60. The number of halogens is 3. The first-order chi connectivity index (χ1) is 10.4. The summed E-state index contributed by atoms with van der Waals surface area (Å²) < 4.78 is 43.5. The molecule has 0 aliphatic carbocycles. The highest BCUT2D eigenvalue weighted by molar-refractivity contribution is 5.38. The molecular formula is C16H15F3O3. The molecule has 0 aromatic heterocycles. The van der Waals surface area contributed by atoms with Crippen LogP contribution in [0, 0.1) is 0 Å². The molecule has 0 saturated heterocycles. The van der Waals surface area contributed by atoms with Crippen LogP contribution in [-0.2, 0) is 6.18 Å². The maximum atomic E-state index is 12.7. The van der Waals surface area contributed by atoms with Crippen molar-refractivity contribution in [3.63, 3.8) is 0 Å². The highest BCUT2D eigenvalue weighted by Gasteiger charge is 2.31. The molecule has 3 nitrogen and oxygen atoms in total. The molecule has 6 heteroatoms. The van der Waals surface area contributed by atoms with E-state index in [-0.39, 0.29) is 24.7 Å². The summed E-state index contributed by atoms with van der Waals surface area (Å²) in [6.07, 6.45) is -4.44. The summed E-state index contributed by atoms with van der Waals surface area (Å²) in [6, 6.07) is 11.0. The Hall–Kier alpha value is -2.21. The van der Waals surface area contributed by atoms with Crippen LogP contribution in [0.5, 0.6) is 11.5 Å². The highest BCUT2D eigenvalue weighted by Crippen LogP contribution is 2.32. The van der Waals surface area contributed by atoms with Crippen LogP contribution in [0.15, 0.2) is 48.5 Å². The number of alkyl halides is 3. The molecule has 0 saturated carbocycles. The van der Waals surface area contributed by atoms with E-state index < -0.39 is 17.7 Å². The van der Waals surface area contributed by atoms with Gasteiger partial charge in [-0.05, 0) is 23.8 Å². The van der Waals surface area contributed by atoms with Crippen molar-refractivity contribution in [3.05, 3.63) is 59.7 Å². The first-order valence-electron chi connectivity index (χ1n) is 6.60. The Morgan fingerprint density at radius 1 is 1.05 bits per heavy atom. The van der Waals surface area contributed by atoms with E-state index in [1.807, 2.05) is 0 Å². The first kappa shape index (κ1) is 16.2. The third-order valence-electron chi connectivity index (χ3n) is 3.21. The van der Waals surface area contributed by atoms with Gasteiger partial charge in [0.25, 0.3) is 0 Å². The van der Waals surface area contributed by atoms with Crippen molar-refractivity contribution >= 4 is 0 Å². The molecular weight excluding hydrogens is 297 g/mol. The molecule has 2 aromatic carbocycles. The monoisotopic (exact) mass is 312 g/mol. The van der Waals surface area contributed by atoms with Gasteiger partial charge in [-0.1, -0.05) is 30.3 Å². The van der Waals surface area contributed by atoms with Gasteiger partial charge in [0.15, 0.2) is 11.5 Å². The molecule has 0 spiro atoms. The molecule has 22 heavy (non-hydrogen) atoms. The lowest BCUT2D eigenvalue weighted by Gasteiger charge is -2.17. The van der Waals surface area contributed by atoms with E-state index in [1.54, 1.807) is 12.1 Å². The average Bonchev–Trinajstić information content (AvgIpc) is 2.49. The van der Waals surface area contributed by atoms with Crippen molar-refractivity contribution in [1.29, 1.82) is 0 Å². The molecule has 0 aliphatic heterocycles. The molecule has 1 unspecified atom stereocenters. The second kappa shape index (κ2) is 6.70. The summed E-state index contributed by atoms with van der Waals surface area (Å²) in [5, 5.41) is 19.0. The lowest BCUT2D eigenvalue weighted by atomic mass is 9.98. The van der Waals surface area contributed by atoms with E-state index >= 15 is 0 Å². The van der Waals surface area contributed by atoms with Crippen molar-refractivity contribution in [2.24, 2.45) is 0 Å². The standard InChI is InChI=1S/C16H15F3O3/c17-16(18,19)13-5-3-4-11(8-13)12(9-20)10-22-15-7-2-1-6-14(15)21/h1-8,12,20-21H,9-10H2. The summed E-state index contributed by atoms with van der Waals surface area (Å²) in [7, 11) is 0. The Kier molecular flexibility index (Phi) is 4.92. The van der Waals surface area contributed by atoms with Gasteiger partial charge in [-0.2, -0.15) is 13.2 Å². The molecule has 0 radical (unpaired) electrons. The van der Waals surface area contributed by atoms with Crippen LogP contribution in [-0.4, -0.2) is 23.4 Å². The number of phenolic OH excluding ortho intramolecular Hbond substituents is 1. The Morgan fingerprint density at radius 3 is 2.41 bits per heavy atom. The minimum atomic E-state index is -4.44. The molecule has 2 aromatic rings. The molecule has 0 bridgehead atoms. The van der Waals surface area contributed by atoms with E-state index in [0.29, 0.717) is 5.56 Å². The van der Waals surface area contributed by atoms with Gasteiger partial charge >= 0.3 is 6.18 Å². The SMILES string of the molecule is OCC(COc1ccccc1O)c1cccc(C(F)(F)F)c1.